The van der Waals surface area contributed by atoms with Gasteiger partial charge in [0.15, 0.2) is 6.29 Å². The minimum Gasteiger partial charge on any atom is -0.508 e. The van der Waals surface area contributed by atoms with Gasteiger partial charge in [-0.2, -0.15) is 0 Å². The van der Waals surface area contributed by atoms with E-state index in [0.717, 1.165) is 38.3 Å². The number of phenols is 1. The molecule has 1 N–H and O–H groups in total. The van der Waals surface area contributed by atoms with Crippen molar-refractivity contribution in [3.63, 3.8) is 0 Å². The van der Waals surface area contributed by atoms with Crippen LogP contribution in [-0.2, 0) is 15.9 Å². The number of piperidine rings is 1. The normalized spacial score (nSPS) is 24.0. The highest BCUT2D eigenvalue weighted by Gasteiger charge is 2.35. The van der Waals surface area contributed by atoms with E-state index in [1.54, 1.807) is 14.2 Å². The Labute approximate surface area is 192 Å². The first kappa shape index (κ1) is 21.8. The lowest BCUT2D eigenvalue weighted by Gasteiger charge is -2.37. The summed E-state index contributed by atoms with van der Waals surface area (Å²) in [5, 5.41) is 10.0. The third kappa shape index (κ3) is 4.53. The largest absolute Gasteiger partial charge is 0.508 e. The third-order valence-corrected chi connectivity index (χ3v) is 8.06. The smallest absolute Gasteiger partial charge is 0.159 e. The molecule has 0 amide bonds. The Morgan fingerprint density at radius 2 is 1.66 bits per heavy atom. The molecule has 0 unspecified atom stereocenters. The lowest BCUT2D eigenvalue weighted by Crippen LogP contribution is -2.39. The van der Waals surface area contributed by atoms with E-state index in [2.05, 4.69) is 35.2 Å². The van der Waals surface area contributed by atoms with Crippen LogP contribution in [0.4, 0.5) is 5.69 Å². The van der Waals surface area contributed by atoms with E-state index in [-0.39, 0.29) is 6.29 Å². The molecule has 0 aromatic heterocycles. The van der Waals surface area contributed by atoms with E-state index in [4.69, 9.17) is 9.47 Å². The molecule has 2 fully saturated rings. The summed E-state index contributed by atoms with van der Waals surface area (Å²) >= 11 is 0. The van der Waals surface area contributed by atoms with E-state index >= 15 is 0 Å². The summed E-state index contributed by atoms with van der Waals surface area (Å²) in [5.41, 5.74) is 5.51. The fourth-order valence-corrected chi connectivity index (χ4v) is 6.16. The van der Waals surface area contributed by atoms with Gasteiger partial charge in [0.25, 0.3) is 0 Å². The Morgan fingerprint density at radius 1 is 0.938 bits per heavy atom. The van der Waals surface area contributed by atoms with Crippen LogP contribution in [-0.4, -0.2) is 38.7 Å². The van der Waals surface area contributed by atoms with Crippen LogP contribution in [0.5, 0.6) is 5.75 Å². The average molecular weight is 436 g/mol. The van der Waals surface area contributed by atoms with Gasteiger partial charge < -0.3 is 19.5 Å². The monoisotopic (exact) mass is 435 g/mol. The molecule has 0 bridgehead atoms. The van der Waals surface area contributed by atoms with Crippen molar-refractivity contribution in [3.8, 4) is 5.75 Å². The van der Waals surface area contributed by atoms with Crippen molar-refractivity contribution in [1.29, 1.82) is 0 Å². The Balaban J connectivity index is 1.33. The van der Waals surface area contributed by atoms with Crippen LogP contribution in [0.3, 0.4) is 0 Å². The lowest BCUT2D eigenvalue weighted by atomic mass is 9.70. The summed E-state index contributed by atoms with van der Waals surface area (Å²) in [6.45, 7) is 2.09. The van der Waals surface area contributed by atoms with Gasteiger partial charge in [0, 0.05) is 44.8 Å². The number of aromatic hydroxyl groups is 1. The van der Waals surface area contributed by atoms with Gasteiger partial charge in [0.1, 0.15) is 5.75 Å². The quantitative estimate of drug-likeness (QED) is 0.565. The highest BCUT2D eigenvalue weighted by atomic mass is 16.7. The molecule has 172 valence electrons. The van der Waals surface area contributed by atoms with Gasteiger partial charge in [-0.05, 0) is 84.9 Å². The maximum absolute atomic E-state index is 10.0. The predicted octanol–water partition coefficient (Wildman–Crippen LogP) is 5.72. The van der Waals surface area contributed by atoms with Crippen LogP contribution in [0.15, 0.2) is 42.5 Å². The van der Waals surface area contributed by atoms with Crippen LogP contribution in [0.1, 0.15) is 61.1 Å². The second-order valence-electron chi connectivity index (χ2n) is 10.1. The lowest BCUT2D eigenvalue weighted by molar-refractivity contribution is -0.141. The zero-order valence-electron chi connectivity index (χ0n) is 19.5. The highest BCUT2D eigenvalue weighted by molar-refractivity contribution is 5.51. The fourth-order valence-electron chi connectivity index (χ4n) is 6.16. The zero-order chi connectivity index (χ0) is 22.1. The van der Waals surface area contributed by atoms with Gasteiger partial charge in [-0.25, -0.2) is 0 Å². The van der Waals surface area contributed by atoms with Crippen molar-refractivity contribution in [2.45, 2.75) is 57.2 Å². The summed E-state index contributed by atoms with van der Waals surface area (Å²) in [5.74, 6) is 2.96. The molecule has 2 aromatic rings. The van der Waals surface area contributed by atoms with E-state index in [1.807, 2.05) is 12.1 Å². The van der Waals surface area contributed by atoms with Crippen LogP contribution in [0, 0.1) is 17.8 Å². The topological polar surface area (TPSA) is 41.9 Å². The maximum Gasteiger partial charge on any atom is 0.159 e. The number of methoxy groups -OCH3 is 2. The summed E-state index contributed by atoms with van der Waals surface area (Å²) in [4.78, 5) is 2.50. The molecular weight excluding hydrogens is 398 g/mol. The Morgan fingerprint density at radius 3 is 2.31 bits per heavy atom. The number of benzene rings is 2. The molecule has 4 nitrogen and oxygen atoms in total. The molecular formula is C28H37NO3. The van der Waals surface area contributed by atoms with Crippen LogP contribution >= 0.6 is 0 Å². The number of aryl methyl sites for hydroxylation is 1. The Bertz CT molecular complexity index is 895. The fraction of sp³-hybridized carbons (Fsp3) is 0.571. The van der Waals surface area contributed by atoms with Gasteiger partial charge >= 0.3 is 0 Å². The zero-order valence-corrected chi connectivity index (χ0v) is 19.5. The second kappa shape index (κ2) is 9.44. The van der Waals surface area contributed by atoms with E-state index in [1.165, 1.54) is 48.1 Å². The summed E-state index contributed by atoms with van der Waals surface area (Å²) in [7, 11) is 3.47. The van der Waals surface area contributed by atoms with Crippen molar-refractivity contribution in [2.24, 2.45) is 17.8 Å². The predicted molar refractivity (Wildman–Crippen MR) is 128 cm³/mol. The van der Waals surface area contributed by atoms with Gasteiger partial charge in [0.05, 0.1) is 0 Å². The van der Waals surface area contributed by atoms with Crippen molar-refractivity contribution in [3.05, 3.63) is 59.2 Å². The summed E-state index contributed by atoms with van der Waals surface area (Å²) in [6.07, 6.45) is 8.59. The van der Waals surface area contributed by atoms with Crippen molar-refractivity contribution >= 4 is 5.69 Å². The number of ether oxygens (including phenoxy) is 2. The molecule has 32 heavy (non-hydrogen) atoms. The summed E-state index contributed by atoms with van der Waals surface area (Å²) in [6, 6.07) is 15.4. The first-order chi connectivity index (χ1) is 15.7. The number of rotatable bonds is 7. The highest BCUT2D eigenvalue weighted by Crippen LogP contribution is 2.48. The molecule has 0 spiro atoms. The minimum absolute atomic E-state index is 0.0891. The first-order valence-electron chi connectivity index (χ1n) is 12.4. The second-order valence-corrected chi connectivity index (χ2v) is 10.1. The molecule has 5 rings (SSSR count). The van der Waals surface area contributed by atoms with Crippen LogP contribution < -0.4 is 4.90 Å². The molecule has 1 aliphatic heterocycles. The number of hydrogen-bond donors (Lipinski definition) is 1. The molecule has 1 saturated heterocycles. The van der Waals surface area contributed by atoms with Crippen molar-refractivity contribution in [2.75, 3.05) is 32.2 Å². The molecule has 1 saturated carbocycles. The third-order valence-electron chi connectivity index (χ3n) is 8.06. The van der Waals surface area contributed by atoms with Crippen molar-refractivity contribution in [1.82, 2.24) is 0 Å². The molecule has 2 atom stereocenters. The van der Waals surface area contributed by atoms with E-state index in [9.17, 15) is 5.11 Å². The molecule has 2 aromatic carbocycles. The Kier molecular flexibility index (Phi) is 6.43. The number of nitrogens with zero attached hydrogens (tertiary/aromatic N) is 1. The van der Waals surface area contributed by atoms with Gasteiger partial charge in [0.2, 0.25) is 0 Å². The first-order valence-corrected chi connectivity index (χ1v) is 12.4. The standard InChI is InChI=1S/C28H37NO3/c1-31-28(32-2)21-13-15-29(16-14-21)24-9-7-20(8-10-24)27-23(17-19-3-4-19)6-5-22-18-25(30)11-12-26(22)27/h7-12,18-19,21,23,27-28,30H,3-6,13-17H2,1-2H3/t23-,27+/m1/s1. The summed E-state index contributed by atoms with van der Waals surface area (Å²) < 4.78 is 11.0. The number of anilines is 1. The van der Waals surface area contributed by atoms with Crippen LogP contribution in [0.25, 0.3) is 0 Å². The van der Waals surface area contributed by atoms with Gasteiger partial charge in [-0.1, -0.05) is 31.0 Å². The molecule has 3 aliphatic rings. The average Bonchev–Trinajstić information content (AvgIpc) is 3.65. The molecule has 0 radical (unpaired) electrons. The van der Waals surface area contributed by atoms with E-state index < -0.39 is 0 Å². The minimum atomic E-state index is -0.0891. The Hall–Kier alpha value is -2.04. The molecule has 1 heterocycles. The van der Waals surface area contributed by atoms with Crippen LogP contribution in [0.2, 0.25) is 0 Å². The molecule has 4 heteroatoms. The molecule has 2 aliphatic carbocycles. The maximum atomic E-state index is 10.0. The van der Waals surface area contributed by atoms with Crippen molar-refractivity contribution < 1.29 is 14.6 Å². The number of hydrogen-bond acceptors (Lipinski definition) is 4. The van der Waals surface area contributed by atoms with Gasteiger partial charge in [-0.15, -0.1) is 0 Å². The number of fused-ring (bicyclic) bond motifs is 1. The van der Waals surface area contributed by atoms with E-state index in [0.29, 0.717) is 23.5 Å². The number of phenolic OH excluding ortho intramolecular Hbond substituents is 1. The SMILES string of the molecule is COC(OC)C1CCN(c2ccc([C@@H]3c4ccc(O)cc4CC[C@@H]3CC3CC3)cc2)CC1. The van der Waals surface area contributed by atoms with Gasteiger partial charge in [-0.3, -0.25) is 0 Å².